The molecule has 1 spiro atoms. The van der Waals surface area contributed by atoms with E-state index in [1.54, 1.807) is 4.90 Å². The van der Waals surface area contributed by atoms with Crippen molar-refractivity contribution in [2.45, 2.75) is 19.3 Å². The number of carbonyl (C=O) groups excluding carboxylic acids is 1. The van der Waals surface area contributed by atoms with Crippen LogP contribution in [0.3, 0.4) is 0 Å². The number of hydrogen-bond acceptors (Lipinski definition) is 6. The number of benzene rings is 1. The molecule has 3 rings (SSSR count). The van der Waals surface area contributed by atoms with E-state index in [0.717, 1.165) is 11.8 Å². The van der Waals surface area contributed by atoms with Crippen LogP contribution >= 0.6 is 0 Å². The number of amides is 1. The van der Waals surface area contributed by atoms with E-state index in [9.17, 15) is 13.2 Å². The molecule has 2 unspecified atom stereocenters. The zero-order valence-corrected chi connectivity index (χ0v) is 16.4. The highest BCUT2D eigenvalue weighted by Crippen LogP contribution is 2.40. The molecule has 1 aromatic rings. The molecule has 0 aromatic heterocycles. The summed E-state index contributed by atoms with van der Waals surface area (Å²) in [4.78, 5) is 14.1. The first kappa shape index (κ1) is 20.1. The fourth-order valence-electron chi connectivity index (χ4n) is 3.71. The molecule has 8 nitrogen and oxygen atoms in total. The Bertz CT molecular complexity index is 748. The number of nitrogens with zero attached hydrogens (tertiary/aromatic N) is 1. The summed E-state index contributed by atoms with van der Waals surface area (Å²) in [6.45, 7) is 3.88. The number of piperidine rings is 1. The zero-order valence-electron chi connectivity index (χ0n) is 15.6. The van der Waals surface area contributed by atoms with E-state index < -0.39 is 21.9 Å². The lowest BCUT2D eigenvalue weighted by molar-refractivity contribution is -0.245. The van der Waals surface area contributed by atoms with Crippen LogP contribution in [0.2, 0.25) is 0 Å². The number of sulfonamides is 1. The molecule has 0 bridgehead atoms. The molecule has 1 N–H and O–H groups in total. The minimum absolute atomic E-state index is 0.121. The number of likely N-dealkylation sites (tertiary alicyclic amines) is 1. The van der Waals surface area contributed by atoms with E-state index in [2.05, 4.69) is 4.72 Å². The first-order valence-electron chi connectivity index (χ1n) is 8.98. The predicted octanol–water partition coefficient (Wildman–Crippen LogP) is 1.18. The minimum atomic E-state index is -3.37. The van der Waals surface area contributed by atoms with Crippen LogP contribution in [0.25, 0.3) is 0 Å². The summed E-state index contributed by atoms with van der Waals surface area (Å²) >= 11 is 0. The summed E-state index contributed by atoms with van der Waals surface area (Å²) in [6, 6.07) is 9.45. The van der Waals surface area contributed by atoms with Gasteiger partial charge in [0.25, 0.3) is 0 Å². The van der Waals surface area contributed by atoms with Gasteiger partial charge in [0, 0.05) is 31.5 Å². The van der Waals surface area contributed by atoms with Gasteiger partial charge in [0.15, 0.2) is 5.79 Å². The molecular weight excluding hydrogens is 372 g/mol. The molecule has 2 atom stereocenters. The van der Waals surface area contributed by atoms with Gasteiger partial charge in [-0.2, -0.15) is 0 Å². The SMILES string of the molecule is CC1CN(C(=O)OCc2ccccc2)CC(CNS(C)(=O)=O)C12OCCO2. The minimum Gasteiger partial charge on any atom is -0.445 e. The molecule has 150 valence electrons. The van der Waals surface area contributed by atoms with Crippen molar-refractivity contribution in [2.24, 2.45) is 11.8 Å². The lowest BCUT2D eigenvalue weighted by Crippen LogP contribution is -2.61. The quantitative estimate of drug-likeness (QED) is 0.801. The highest BCUT2D eigenvalue weighted by atomic mass is 32.2. The molecule has 9 heteroatoms. The first-order chi connectivity index (χ1) is 12.8. The maximum atomic E-state index is 12.6. The molecule has 0 aliphatic carbocycles. The molecule has 2 aliphatic rings. The lowest BCUT2D eigenvalue weighted by atomic mass is 9.83. The Hall–Kier alpha value is -1.68. The average Bonchev–Trinajstić information content (AvgIpc) is 3.12. The van der Waals surface area contributed by atoms with Crippen LogP contribution < -0.4 is 4.72 Å². The lowest BCUT2D eigenvalue weighted by Gasteiger charge is -2.47. The fourth-order valence-corrected chi connectivity index (χ4v) is 4.21. The Labute approximate surface area is 159 Å². The van der Waals surface area contributed by atoms with Gasteiger partial charge in [-0.1, -0.05) is 37.3 Å². The molecule has 0 radical (unpaired) electrons. The Balaban J connectivity index is 1.67. The molecule has 2 heterocycles. The predicted molar refractivity (Wildman–Crippen MR) is 98.3 cm³/mol. The van der Waals surface area contributed by atoms with E-state index >= 15 is 0 Å². The van der Waals surface area contributed by atoms with Gasteiger partial charge in [-0.3, -0.25) is 0 Å². The van der Waals surface area contributed by atoms with Crippen molar-refractivity contribution in [1.29, 1.82) is 0 Å². The summed E-state index contributed by atoms with van der Waals surface area (Å²) in [7, 11) is -3.37. The van der Waals surface area contributed by atoms with Crippen molar-refractivity contribution >= 4 is 16.1 Å². The molecule has 2 saturated heterocycles. The van der Waals surface area contributed by atoms with Gasteiger partial charge in [0.1, 0.15) is 6.61 Å². The second-order valence-electron chi connectivity index (χ2n) is 7.08. The Kier molecular flexibility index (Phi) is 6.05. The van der Waals surface area contributed by atoms with Crippen LogP contribution in [-0.4, -0.2) is 64.3 Å². The topological polar surface area (TPSA) is 94.2 Å². The van der Waals surface area contributed by atoms with E-state index in [4.69, 9.17) is 14.2 Å². The van der Waals surface area contributed by atoms with Crippen LogP contribution in [0.1, 0.15) is 12.5 Å². The van der Waals surface area contributed by atoms with Crippen molar-refractivity contribution in [3.8, 4) is 0 Å². The standard InChI is InChI=1S/C18H26N2O6S/c1-14-11-20(17(21)24-13-15-6-4-3-5-7-15)12-16(10-19-27(2,22)23)18(14)25-8-9-26-18/h3-7,14,16,19H,8-13H2,1-2H3. The number of ether oxygens (including phenoxy) is 3. The van der Waals surface area contributed by atoms with E-state index in [1.165, 1.54) is 0 Å². The maximum Gasteiger partial charge on any atom is 0.410 e. The van der Waals surface area contributed by atoms with Crippen LogP contribution in [0.4, 0.5) is 4.79 Å². The average molecular weight is 398 g/mol. The molecule has 2 fully saturated rings. The van der Waals surface area contributed by atoms with Gasteiger partial charge >= 0.3 is 6.09 Å². The largest absolute Gasteiger partial charge is 0.445 e. The van der Waals surface area contributed by atoms with Crippen LogP contribution in [-0.2, 0) is 30.8 Å². The molecular formula is C18H26N2O6S. The third-order valence-corrected chi connectivity index (χ3v) is 5.68. The van der Waals surface area contributed by atoms with Gasteiger partial charge in [-0.25, -0.2) is 17.9 Å². The summed E-state index contributed by atoms with van der Waals surface area (Å²) in [5.41, 5.74) is 0.908. The monoisotopic (exact) mass is 398 g/mol. The third-order valence-electron chi connectivity index (χ3n) is 4.98. The Morgan fingerprint density at radius 2 is 1.93 bits per heavy atom. The summed E-state index contributed by atoms with van der Waals surface area (Å²) < 4.78 is 42.8. The highest BCUT2D eigenvalue weighted by Gasteiger charge is 2.53. The van der Waals surface area contributed by atoms with Crippen molar-refractivity contribution in [3.63, 3.8) is 0 Å². The fraction of sp³-hybridized carbons (Fsp3) is 0.611. The second kappa shape index (κ2) is 8.14. The number of hydrogen-bond donors (Lipinski definition) is 1. The number of nitrogens with one attached hydrogen (secondary N) is 1. The normalized spacial score (nSPS) is 24.9. The van der Waals surface area contributed by atoms with Gasteiger partial charge < -0.3 is 19.1 Å². The Morgan fingerprint density at radius 1 is 1.26 bits per heavy atom. The zero-order chi connectivity index (χ0) is 19.5. The number of carbonyl (C=O) groups is 1. The van der Waals surface area contributed by atoms with Gasteiger partial charge in [-0.05, 0) is 5.56 Å². The van der Waals surface area contributed by atoms with Crippen molar-refractivity contribution in [2.75, 3.05) is 39.1 Å². The maximum absolute atomic E-state index is 12.6. The Morgan fingerprint density at radius 3 is 2.56 bits per heavy atom. The molecule has 1 amide bonds. The first-order valence-corrected chi connectivity index (χ1v) is 10.9. The highest BCUT2D eigenvalue weighted by molar-refractivity contribution is 7.88. The van der Waals surface area contributed by atoms with Gasteiger partial charge in [0.2, 0.25) is 10.0 Å². The third kappa shape index (κ3) is 4.78. The van der Waals surface area contributed by atoms with Crippen LogP contribution in [0.5, 0.6) is 0 Å². The smallest absolute Gasteiger partial charge is 0.410 e. The summed E-state index contributed by atoms with van der Waals surface area (Å²) in [5.74, 6) is -1.33. The number of rotatable bonds is 5. The molecule has 27 heavy (non-hydrogen) atoms. The van der Waals surface area contributed by atoms with E-state index in [-0.39, 0.29) is 25.0 Å². The van der Waals surface area contributed by atoms with Crippen LogP contribution in [0.15, 0.2) is 30.3 Å². The van der Waals surface area contributed by atoms with Crippen molar-refractivity contribution in [3.05, 3.63) is 35.9 Å². The summed E-state index contributed by atoms with van der Waals surface area (Å²) in [5, 5.41) is 0. The van der Waals surface area contributed by atoms with Gasteiger partial charge in [-0.15, -0.1) is 0 Å². The second-order valence-corrected chi connectivity index (χ2v) is 8.92. The molecule has 1 aromatic carbocycles. The van der Waals surface area contributed by atoms with Crippen molar-refractivity contribution in [1.82, 2.24) is 9.62 Å². The van der Waals surface area contributed by atoms with Crippen molar-refractivity contribution < 1.29 is 27.4 Å². The van der Waals surface area contributed by atoms with E-state index in [0.29, 0.717) is 26.3 Å². The van der Waals surface area contributed by atoms with E-state index in [1.807, 2.05) is 37.3 Å². The molecule has 0 saturated carbocycles. The molecule has 2 aliphatic heterocycles. The summed E-state index contributed by atoms with van der Waals surface area (Å²) in [6.07, 6.45) is 0.677. The van der Waals surface area contributed by atoms with Gasteiger partial charge in [0.05, 0.1) is 19.5 Å². The van der Waals surface area contributed by atoms with Crippen LogP contribution in [0, 0.1) is 11.8 Å².